The van der Waals surface area contributed by atoms with Gasteiger partial charge in [-0.05, 0) is 79.7 Å². The molecule has 1 aromatic heterocycles. The third kappa shape index (κ3) is 5.62. The van der Waals surface area contributed by atoms with E-state index in [1.165, 1.54) is 11.3 Å². The first-order chi connectivity index (χ1) is 18.3. The van der Waals surface area contributed by atoms with E-state index >= 15 is 0 Å². The molecule has 4 rings (SSSR count). The number of carbonyl (C=O) groups excluding carboxylic acids is 1. The number of hydrogen-bond acceptors (Lipinski definition) is 8. The zero-order valence-corrected chi connectivity index (χ0v) is 25.1. The third-order valence-corrected chi connectivity index (χ3v) is 8.25. The topological polar surface area (TPSA) is 79.1 Å². The quantitative estimate of drug-likeness (QED) is 0.246. The summed E-state index contributed by atoms with van der Waals surface area (Å²) in [7, 11) is 0. The molecule has 0 saturated heterocycles. The number of nitrogens with zero attached hydrogens (tertiary/aromatic N) is 2. The minimum absolute atomic E-state index is 0.227. The molecule has 1 aliphatic rings. The normalized spacial score (nSPS) is 15.2. The van der Waals surface area contributed by atoms with Gasteiger partial charge < -0.3 is 14.2 Å². The van der Waals surface area contributed by atoms with Crippen LogP contribution in [0.1, 0.15) is 44.9 Å². The van der Waals surface area contributed by atoms with E-state index in [2.05, 4.69) is 20.9 Å². The molecule has 0 N–H and O–H groups in total. The standard InChI is InChI=1S/C28H29BrN2O5S2/c1-6-34-21-15-22(35-7-2)20(29)13-18(21)14-23-26(32)31-25(17-9-11-19(37-5)12-10-17)24(27(33)36-8-3)16(4)30-28(31)38-23/h9-15,25H,6-8H2,1-5H3/b23-14-/t25-/m0/s1. The molecule has 2 aromatic carbocycles. The van der Waals surface area contributed by atoms with E-state index in [4.69, 9.17) is 14.2 Å². The predicted octanol–water partition coefficient (Wildman–Crippen LogP) is 5.08. The number of thioether (sulfide) groups is 1. The highest BCUT2D eigenvalue weighted by Gasteiger charge is 2.33. The van der Waals surface area contributed by atoms with Crippen LogP contribution in [0.25, 0.3) is 6.08 Å². The van der Waals surface area contributed by atoms with Crippen LogP contribution in [-0.4, -0.2) is 36.6 Å². The Kier molecular flexibility index (Phi) is 9.17. The van der Waals surface area contributed by atoms with Crippen LogP contribution in [0.15, 0.2) is 66.8 Å². The van der Waals surface area contributed by atoms with Crippen molar-refractivity contribution >= 4 is 51.1 Å². The van der Waals surface area contributed by atoms with Crippen molar-refractivity contribution in [3.8, 4) is 11.5 Å². The lowest BCUT2D eigenvalue weighted by Gasteiger charge is -2.24. The molecular formula is C28H29BrN2O5S2. The zero-order valence-electron chi connectivity index (χ0n) is 21.9. The van der Waals surface area contributed by atoms with Crippen molar-refractivity contribution in [3.05, 3.63) is 83.0 Å². The molecule has 10 heteroatoms. The summed E-state index contributed by atoms with van der Waals surface area (Å²) in [6, 6.07) is 10.9. The number of esters is 1. The molecule has 1 atom stereocenters. The van der Waals surface area contributed by atoms with E-state index in [0.717, 1.165) is 20.5 Å². The van der Waals surface area contributed by atoms with Crippen LogP contribution in [0.5, 0.6) is 11.5 Å². The lowest BCUT2D eigenvalue weighted by atomic mass is 9.96. The first-order valence-corrected chi connectivity index (χ1v) is 15.1. The summed E-state index contributed by atoms with van der Waals surface area (Å²) in [6.45, 7) is 8.57. The van der Waals surface area contributed by atoms with Gasteiger partial charge in [-0.15, -0.1) is 11.8 Å². The highest BCUT2D eigenvalue weighted by Crippen LogP contribution is 2.34. The Morgan fingerprint density at radius 3 is 2.42 bits per heavy atom. The molecule has 1 aliphatic heterocycles. The van der Waals surface area contributed by atoms with Gasteiger partial charge in [0.15, 0.2) is 4.80 Å². The summed E-state index contributed by atoms with van der Waals surface area (Å²) in [6.07, 6.45) is 3.80. The van der Waals surface area contributed by atoms with Gasteiger partial charge in [-0.25, -0.2) is 9.79 Å². The maximum atomic E-state index is 13.9. The van der Waals surface area contributed by atoms with Crippen LogP contribution in [-0.2, 0) is 9.53 Å². The van der Waals surface area contributed by atoms with Crippen molar-refractivity contribution in [2.45, 2.75) is 38.6 Å². The Morgan fingerprint density at radius 2 is 1.79 bits per heavy atom. The molecule has 2 heterocycles. The summed E-state index contributed by atoms with van der Waals surface area (Å²) in [5.41, 5.74) is 2.20. The van der Waals surface area contributed by atoms with Crippen LogP contribution in [0.3, 0.4) is 0 Å². The third-order valence-electron chi connectivity index (χ3n) is 5.90. The number of halogens is 1. The number of hydrogen-bond donors (Lipinski definition) is 0. The highest BCUT2D eigenvalue weighted by molar-refractivity contribution is 9.10. The van der Waals surface area contributed by atoms with Crippen molar-refractivity contribution < 1.29 is 19.0 Å². The molecule has 0 spiro atoms. The van der Waals surface area contributed by atoms with Crippen molar-refractivity contribution in [2.75, 3.05) is 26.1 Å². The summed E-state index contributed by atoms with van der Waals surface area (Å²) in [4.78, 5) is 33.2. The van der Waals surface area contributed by atoms with Crippen LogP contribution in [0, 0.1) is 0 Å². The maximum Gasteiger partial charge on any atom is 0.338 e. The van der Waals surface area contributed by atoms with Crippen molar-refractivity contribution in [2.24, 2.45) is 4.99 Å². The molecule has 200 valence electrons. The zero-order chi connectivity index (χ0) is 27.4. The lowest BCUT2D eigenvalue weighted by Crippen LogP contribution is -2.39. The number of aromatic nitrogens is 1. The van der Waals surface area contributed by atoms with E-state index in [9.17, 15) is 9.59 Å². The van der Waals surface area contributed by atoms with E-state index in [1.807, 2.05) is 56.5 Å². The molecular weight excluding hydrogens is 588 g/mol. The van der Waals surface area contributed by atoms with E-state index < -0.39 is 12.0 Å². The van der Waals surface area contributed by atoms with Gasteiger partial charge in [-0.1, -0.05) is 23.5 Å². The van der Waals surface area contributed by atoms with E-state index in [1.54, 1.807) is 36.3 Å². The second-order valence-electron chi connectivity index (χ2n) is 8.26. The van der Waals surface area contributed by atoms with Gasteiger partial charge in [-0.3, -0.25) is 9.36 Å². The molecule has 7 nitrogen and oxygen atoms in total. The van der Waals surface area contributed by atoms with Gasteiger partial charge in [0.2, 0.25) is 0 Å². The first-order valence-electron chi connectivity index (χ1n) is 12.3. The van der Waals surface area contributed by atoms with Gasteiger partial charge >= 0.3 is 5.97 Å². The van der Waals surface area contributed by atoms with Gasteiger partial charge in [0.05, 0.1) is 46.1 Å². The summed E-state index contributed by atoms with van der Waals surface area (Å²) >= 11 is 6.46. The van der Waals surface area contributed by atoms with Crippen molar-refractivity contribution in [3.63, 3.8) is 0 Å². The highest BCUT2D eigenvalue weighted by atomic mass is 79.9. The predicted molar refractivity (Wildman–Crippen MR) is 155 cm³/mol. The summed E-state index contributed by atoms with van der Waals surface area (Å²) < 4.78 is 19.8. The van der Waals surface area contributed by atoms with Crippen LogP contribution >= 0.6 is 39.0 Å². The molecule has 0 saturated carbocycles. The van der Waals surface area contributed by atoms with E-state index in [0.29, 0.717) is 45.3 Å². The second-order valence-corrected chi connectivity index (χ2v) is 11.0. The number of thiazole rings is 1. The fourth-order valence-electron chi connectivity index (χ4n) is 4.24. The SMILES string of the molecule is CCOC(=O)C1=C(C)N=c2s/c(=C\c3cc(Br)c(OCC)cc3OCC)c(=O)n2[C@H]1c1ccc(SC)cc1. The van der Waals surface area contributed by atoms with Gasteiger partial charge in [0.25, 0.3) is 5.56 Å². The molecule has 0 radical (unpaired) electrons. The molecule has 3 aromatic rings. The number of fused-ring (bicyclic) bond motifs is 1. The van der Waals surface area contributed by atoms with E-state index in [-0.39, 0.29) is 12.2 Å². The number of ether oxygens (including phenoxy) is 3. The largest absolute Gasteiger partial charge is 0.493 e. The molecule has 38 heavy (non-hydrogen) atoms. The summed E-state index contributed by atoms with van der Waals surface area (Å²) in [5, 5.41) is 0. The Labute approximate surface area is 238 Å². The number of allylic oxidation sites excluding steroid dienone is 1. The van der Waals surface area contributed by atoms with Crippen molar-refractivity contribution in [1.29, 1.82) is 0 Å². The minimum Gasteiger partial charge on any atom is -0.493 e. The average molecular weight is 618 g/mol. The van der Waals surface area contributed by atoms with Crippen LogP contribution in [0.4, 0.5) is 0 Å². The first kappa shape index (κ1) is 28.2. The Morgan fingerprint density at radius 1 is 1.11 bits per heavy atom. The van der Waals surface area contributed by atoms with Crippen molar-refractivity contribution in [1.82, 2.24) is 4.57 Å². The fraction of sp³-hybridized carbons (Fsp3) is 0.321. The molecule has 0 amide bonds. The molecule has 0 unspecified atom stereocenters. The summed E-state index contributed by atoms with van der Waals surface area (Å²) in [5.74, 6) is 0.798. The van der Waals surface area contributed by atoms with Crippen LogP contribution in [0.2, 0.25) is 0 Å². The number of benzene rings is 2. The average Bonchev–Trinajstić information content (AvgIpc) is 3.20. The monoisotopic (exact) mass is 616 g/mol. The van der Waals surface area contributed by atoms with Gasteiger partial charge in [0, 0.05) is 16.5 Å². The Balaban J connectivity index is 1.93. The van der Waals surface area contributed by atoms with Gasteiger partial charge in [0.1, 0.15) is 11.5 Å². The number of carbonyl (C=O) groups is 1. The molecule has 0 fully saturated rings. The second kappa shape index (κ2) is 12.4. The smallest absolute Gasteiger partial charge is 0.338 e. The minimum atomic E-state index is -0.651. The Hall–Kier alpha value is -2.82. The maximum absolute atomic E-state index is 13.9. The molecule has 0 aliphatic carbocycles. The lowest BCUT2D eigenvalue weighted by molar-refractivity contribution is -0.139. The van der Waals surface area contributed by atoms with Crippen LogP contribution < -0.4 is 24.4 Å². The Bertz CT molecular complexity index is 1560. The van der Waals surface area contributed by atoms with Gasteiger partial charge in [-0.2, -0.15) is 0 Å². The fourth-order valence-corrected chi connectivity index (χ4v) is 6.17. The molecule has 0 bridgehead atoms. The number of rotatable bonds is 9.